The van der Waals surface area contributed by atoms with Gasteiger partial charge in [0.2, 0.25) is 0 Å². The second-order valence-corrected chi connectivity index (χ2v) is 5.22. The van der Waals surface area contributed by atoms with E-state index in [0.717, 1.165) is 17.3 Å². The van der Waals surface area contributed by atoms with E-state index in [-0.39, 0.29) is 10.9 Å². The van der Waals surface area contributed by atoms with Crippen LogP contribution in [-0.4, -0.2) is 18.9 Å². The minimum Gasteiger partial charge on any atom is -0.254 e. The van der Waals surface area contributed by atoms with Gasteiger partial charge < -0.3 is 0 Å². The molecule has 1 fully saturated rings. The minimum absolute atomic E-state index is 0.000191. The highest BCUT2D eigenvalue weighted by Crippen LogP contribution is 2.28. The molecule has 0 aromatic heterocycles. The molecule has 0 spiro atoms. The lowest BCUT2D eigenvalue weighted by molar-refractivity contribution is 0.419. The summed E-state index contributed by atoms with van der Waals surface area (Å²) in [5.41, 5.74) is 0. The van der Waals surface area contributed by atoms with E-state index >= 15 is 0 Å². The van der Waals surface area contributed by atoms with Gasteiger partial charge in [-0.15, -0.1) is 4.41 Å². The zero-order valence-corrected chi connectivity index (χ0v) is 8.44. The number of hydrogen-bond acceptors (Lipinski definition) is 3. The monoisotopic (exact) mass is 212 g/mol. The largest absolute Gasteiger partial charge is 0.255 e. The van der Waals surface area contributed by atoms with Gasteiger partial charge in [-0.3, -0.25) is 5.84 Å². The van der Waals surface area contributed by atoms with Gasteiger partial charge in [0.25, 0.3) is 10.0 Å². The summed E-state index contributed by atoms with van der Waals surface area (Å²) >= 11 is 0. The predicted molar refractivity (Wildman–Crippen MR) is 52.7 cm³/mol. The summed E-state index contributed by atoms with van der Waals surface area (Å²) < 4.78 is 24.6. The Morgan fingerprint density at radius 2 is 1.79 bits per heavy atom. The highest BCUT2D eigenvalue weighted by Gasteiger charge is 2.35. The molecule has 0 amide bonds. The van der Waals surface area contributed by atoms with Gasteiger partial charge in [-0.2, -0.15) is 0 Å². The Kier molecular flexibility index (Phi) is 2.30. The van der Waals surface area contributed by atoms with Gasteiger partial charge >= 0.3 is 0 Å². The van der Waals surface area contributed by atoms with Crippen LogP contribution in [0.15, 0.2) is 35.2 Å². The summed E-state index contributed by atoms with van der Waals surface area (Å²) in [4.78, 5) is 0.259. The molecule has 0 radical (unpaired) electrons. The van der Waals surface area contributed by atoms with Gasteiger partial charge in [0.15, 0.2) is 0 Å². The van der Waals surface area contributed by atoms with E-state index in [2.05, 4.69) is 0 Å². The van der Waals surface area contributed by atoms with Crippen LogP contribution in [0.5, 0.6) is 0 Å². The summed E-state index contributed by atoms with van der Waals surface area (Å²) in [6, 6.07) is 8.26. The van der Waals surface area contributed by atoms with Crippen molar-refractivity contribution in [3.63, 3.8) is 0 Å². The fourth-order valence-electron chi connectivity index (χ4n) is 1.24. The van der Waals surface area contributed by atoms with Crippen molar-refractivity contribution in [3.8, 4) is 0 Å². The molecule has 4 nitrogen and oxygen atoms in total. The van der Waals surface area contributed by atoms with Gasteiger partial charge in [-0.25, -0.2) is 8.42 Å². The van der Waals surface area contributed by atoms with Crippen LogP contribution in [0.3, 0.4) is 0 Å². The standard InChI is InChI=1S/C9H12N2O2S/c10-11(8-6-7-8)14(12,13)9-4-2-1-3-5-9/h1-5,8H,6-7,10H2. The smallest absolute Gasteiger partial charge is 0.254 e. The summed E-state index contributed by atoms with van der Waals surface area (Å²) in [5, 5.41) is 0. The average Bonchev–Trinajstić information content (AvgIpc) is 3.01. The Morgan fingerprint density at radius 3 is 2.29 bits per heavy atom. The second-order valence-electron chi connectivity index (χ2n) is 3.38. The molecule has 1 aromatic rings. The molecule has 2 rings (SSSR count). The molecule has 1 aliphatic carbocycles. The summed E-state index contributed by atoms with van der Waals surface area (Å²) in [5.74, 6) is 5.53. The fraction of sp³-hybridized carbons (Fsp3) is 0.333. The highest BCUT2D eigenvalue weighted by molar-refractivity contribution is 7.89. The van der Waals surface area contributed by atoms with E-state index in [4.69, 9.17) is 5.84 Å². The maximum atomic E-state index is 11.8. The molecule has 2 N–H and O–H groups in total. The van der Waals surface area contributed by atoms with Gasteiger partial charge in [-0.1, -0.05) is 18.2 Å². The number of hydrazine groups is 1. The van der Waals surface area contributed by atoms with Crippen molar-refractivity contribution in [3.05, 3.63) is 30.3 Å². The maximum absolute atomic E-state index is 11.8. The Hall–Kier alpha value is -0.910. The maximum Gasteiger partial charge on any atom is 0.255 e. The van der Waals surface area contributed by atoms with Crippen molar-refractivity contribution in [2.45, 2.75) is 23.8 Å². The average molecular weight is 212 g/mol. The van der Waals surface area contributed by atoms with E-state index in [1.165, 1.54) is 0 Å². The number of sulfonamides is 1. The quantitative estimate of drug-likeness (QED) is 0.593. The first-order chi connectivity index (χ1) is 6.62. The van der Waals surface area contributed by atoms with Gasteiger partial charge in [0.1, 0.15) is 0 Å². The SMILES string of the molecule is NN(C1CC1)S(=O)(=O)c1ccccc1. The van der Waals surface area contributed by atoms with Crippen LogP contribution in [0.25, 0.3) is 0 Å². The molecule has 0 heterocycles. The van der Waals surface area contributed by atoms with Crippen LogP contribution in [0.2, 0.25) is 0 Å². The van der Waals surface area contributed by atoms with Crippen LogP contribution < -0.4 is 5.84 Å². The minimum atomic E-state index is -3.46. The number of rotatable bonds is 3. The molecular weight excluding hydrogens is 200 g/mol. The summed E-state index contributed by atoms with van der Waals surface area (Å²) in [7, 11) is -3.46. The third-order valence-corrected chi connectivity index (χ3v) is 3.95. The Morgan fingerprint density at radius 1 is 1.21 bits per heavy atom. The van der Waals surface area contributed by atoms with E-state index in [1.807, 2.05) is 0 Å². The van der Waals surface area contributed by atoms with Crippen molar-refractivity contribution in [1.82, 2.24) is 4.41 Å². The third kappa shape index (κ3) is 1.66. The molecule has 76 valence electrons. The lowest BCUT2D eigenvalue weighted by atomic mass is 10.4. The van der Waals surface area contributed by atoms with Gasteiger partial charge in [0.05, 0.1) is 4.90 Å². The molecular formula is C9H12N2O2S. The predicted octanol–water partition coefficient (Wildman–Crippen LogP) is 0.713. The zero-order chi connectivity index (χ0) is 10.2. The lowest BCUT2D eigenvalue weighted by Gasteiger charge is -2.15. The normalized spacial score (nSPS) is 17.3. The molecule has 0 bridgehead atoms. The third-order valence-electron chi connectivity index (χ3n) is 2.23. The number of nitrogens with zero attached hydrogens (tertiary/aromatic N) is 1. The molecule has 5 heteroatoms. The van der Waals surface area contributed by atoms with E-state index < -0.39 is 10.0 Å². The summed E-state index contributed by atoms with van der Waals surface area (Å²) in [6.07, 6.45) is 1.73. The van der Waals surface area contributed by atoms with E-state index in [1.54, 1.807) is 30.3 Å². The number of hydrogen-bond donors (Lipinski definition) is 1. The first-order valence-electron chi connectivity index (χ1n) is 4.46. The van der Waals surface area contributed by atoms with Crippen molar-refractivity contribution < 1.29 is 8.42 Å². The van der Waals surface area contributed by atoms with Crippen molar-refractivity contribution in [2.24, 2.45) is 5.84 Å². The molecule has 0 saturated heterocycles. The fourth-order valence-corrected chi connectivity index (χ4v) is 2.59. The first-order valence-corrected chi connectivity index (χ1v) is 5.90. The highest BCUT2D eigenvalue weighted by atomic mass is 32.2. The Bertz CT molecular complexity index is 412. The molecule has 0 atom stereocenters. The van der Waals surface area contributed by atoms with Crippen molar-refractivity contribution in [1.29, 1.82) is 0 Å². The molecule has 0 aliphatic heterocycles. The number of nitrogens with two attached hydrogens (primary N) is 1. The Balaban J connectivity index is 2.32. The zero-order valence-electron chi connectivity index (χ0n) is 7.63. The van der Waals surface area contributed by atoms with Crippen LogP contribution in [0.4, 0.5) is 0 Å². The topological polar surface area (TPSA) is 63.4 Å². The number of benzene rings is 1. The van der Waals surface area contributed by atoms with Crippen LogP contribution in [0.1, 0.15) is 12.8 Å². The van der Waals surface area contributed by atoms with E-state index in [9.17, 15) is 8.42 Å². The lowest BCUT2D eigenvalue weighted by Crippen LogP contribution is -2.39. The molecule has 1 aliphatic rings. The van der Waals surface area contributed by atoms with Crippen LogP contribution >= 0.6 is 0 Å². The van der Waals surface area contributed by atoms with Crippen molar-refractivity contribution >= 4 is 10.0 Å². The first kappa shape index (κ1) is 9.64. The molecule has 0 unspecified atom stereocenters. The van der Waals surface area contributed by atoms with E-state index in [0.29, 0.717) is 0 Å². The van der Waals surface area contributed by atoms with Gasteiger partial charge in [-0.05, 0) is 25.0 Å². The van der Waals surface area contributed by atoms with Crippen LogP contribution in [-0.2, 0) is 10.0 Å². The second kappa shape index (κ2) is 3.34. The summed E-state index contributed by atoms with van der Waals surface area (Å²) in [6.45, 7) is 0. The molecule has 1 saturated carbocycles. The Labute approximate surface area is 83.4 Å². The van der Waals surface area contributed by atoms with Crippen LogP contribution in [0, 0.1) is 0 Å². The van der Waals surface area contributed by atoms with Crippen molar-refractivity contribution in [2.75, 3.05) is 0 Å². The van der Waals surface area contributed by atoms with Gasteiger partial charge in [0, 0.05) is 6.04 Å². The molecule has 14 heavy (non-hydrogen) atoms. The molecule has 1 aromatic carbocycles.